The van der Waals surface area contributed by atoms with Gasteiger partial charge in [-0.25, -0.2) is 0 Å². The van der Waals surface area contributed by atoms with Gasteiger partial charge in [0.1, 0.15) is 5.78 Å². The Labute approximate surface area is 119 Å². The zero-order valence-electron chi connectivity index (χ0n) is 11.7. The van der Waals surface area contributed by atoms with E-state index in [1.165, 1.54) is 0 Å². The van der Waals surface area contributed by atoms with E-state index >= 15 is 0 Å². The Morgan fingerprint density at radius 2 is 2.15 bits per heavy atom. The van der Waals surface area contributed by atoms with Crippen molar-refractivity contribution in [2.24, 2.45) is 11.8 Å². The maximum atomic E-state index is 11.8. The molecule has 0 saturated heterocycles. The van der Waals surface area contributed by atoms with E-state index in [1.54, 1.807) is 13.0 Å². The summed E-state index contributed by atoms with van der Waals surface area (Å²) in [4.78, 5) is 33.4. The van der Waals surface area contributed by atoms with Gasteiger partial charge in [0.25, 0.3) is 0 Å². The van der Waals surface area contributed by atoms with Crippen LogP contribution in [-0.4, -0.2) is 22.6 Å². The first kappa shape index (κ1) is 16.2. The topological polar surface area (TPSA) is 71.4 Å². The first-order valence-electron chi connectivity index (χ1n) is 6.95. The van der Waals surface area contributed by atoms with E-state index < -0.39 is 5.97 Å². The maximum Gasteiger partial charge on any atom is 0.304 e. The van der Waals surface area contributed by atoms with Gasteiger partial charge in [0.2, 0.25) is 0 Å². The average Bonchev–Trinajstić information content (AvgIpc) is 2.76. The third kappa shape index (κ3) is 5.40. The lowest BCUT2D eigenvalue weighted by molar-refractivity contribution is -0.136. The minimum Gasteiger partial charge on any atom is -0.481 e. The third-order valence-corrected chi connectivity index (χ3v) is 3.44. The molecule has 1 N–H and O–H groups in total. The van der Waals surface area contributed by atoms with Gasteiger partial charge in [-0.3, -0.25) is 14.4 Å². The summed E-state index contributed by atoms with van der Waals surface area (Å²) in [5.41, 5.74) is 0. The van der Waals surface area contributed by atoms with Crippen molar-refractivity contribution in [3.8, 4) is 11.8 Å². The summed E-state index contributed by atoms with van der Waals surface area (Å²) >= 11 is 0. The van der Waals surface area contributed by atoms with Crippen molar-refractivity contribution in [2.45, 2.75) is 45.4 Å². The van der Waals surface area contributed by atoms with Crippen molar-refractivity contribution in [2.75, 3.05) is 0 Å². The Kier molecular flexibility index (Phi) is 6.72. The molecular formula is C16H20O4. The molecule has 2 unspecified atom stereocenters. The molecule has 108 valence electrons. The number of hydrogen-bond acceptors (Lipinski definition) is 3. The second-order valence-corrected chi connectivity index (χ2v) is 4.91. The predicted octanol–water partition coefficient (Wildman–Crippen LogP) is 2.38. The number of carboxylic acid groups (broad SMARTS) is 1. The van der Waals surface area contributed by atoms with Crippen molar-refractivity contribution in [3.63, 3.8) is 0 Å². The Morgan fingerprint density at radius 1 is 1.40 bits per heavy atom. The monoisotopic (exact) mass is 276 g/mol. The van der Waals surface area contributed by atoms with E-state index in [1.807, 2.05) is 6.08 Å². The highest BCUT2D eigenvalue weighted by atomic mass is 16.4. The van der Waals surface area contributed by atoms with Crippen LogP contribution in [0.2, 0.25) is 0 Å². The van der Waals surface area contributed by atoms with Gasteiger partial charge in [0.05, 0.1) is 6.42 Å². The molecule has 4 heteroatoms. The SMILES string of the molecule is CCC(=O)/C=C/C1CCC(=O)C1CC#CCCC(=O)O. The smallest absolute Gasteiger partial charge is 0.304 e. The summed E-state index contributed by atoms with van der Waals surface area (Å²) in [5, 5.41) is 8.49. The quantitative estimate of drug-likeness (QED) is 0.597. The van der Waals surface area contributed by atoms with Crippen LogP contribution < -0.4 is 0 Å². The summed E-state index contributed by atoms with van der Waals surface area (Å²) in [5.74, 6) is 5.01. The zero-order chi connectivity index (χ0) is 15.0. The van der Waals surface area contributed by atoms with Crippen molar-refractivity contribution in [1.29, 1.82) is 0 Å². The molecule has 2 atom stereocenters. The minimum absolute atomic E-state index is 0.0277. The molecule has 20 heavy (non-hydrogen) atoms. The molecule has 1 rings (SSSR count). The van der Waals surface area contributed by atoms with Gasteiger partial charge in [-0.2, -0.15) is 0 Å². The lowest BCUT2D eigenvalue weighted by Crippen LogP contribution is -2.12. The first-order chi connectivity index (χ1) is 9.54. The van der Waals surface area contributed by atoms with Crippen LogP contribution in [0.3, 0.4) is 0 Å². The summed E-state index contributed by atoms with van der Waals surface area (Å²) in [6.07, 6.45) is 5.97. The van der Waals surface area contributed by atoms with Gasteiger partial charge in [-0.05, 0) is 18.4 Å². The molecule has 0 aromatic carbocycles. The molecule has 0 radical (unpaired) electrons. The molecule has 0 aromatic heterocycles. The fourth-order valence-electron chi connectivity index (χ4n) is 2.22. The Morgan fingerprint density at radius 3 is 2.80 bits per heavy atom. The van der Waals surface area contributed by atoms with Crippen LogP contribution in [-0.2, 0) is 14.4 Å². The van der Waals surface area contributed by atoms with Gasteiger partial charge in [-0.15, -0.1) is 11.8 Å². The summed E-state index contributed by atoms with van der Waals surface area (Å²) in [7, 11) is 0. The third-order valence-electron chi connectivity index (χ3n) is 3.44. The van der Waals surface area contributed by atoms with Crippen LogP contribution in [0.15, 0.2) is 12.2 Å². The predicted molar refractivity (Wildman–Crippen MR) is 74.9 cm³/mol. The van der Waals surface area contributed by atoms with Crippen LogP contribution in [0, 0.1) is 23.7 Å². The fraction of sp³-hybridized carbons (Fsp3) is 0.562. The van der Waals surface area contributed by atoms with E-state index in [4.69, 9.17) is 5.11 Å². The van der Waals surface area contributed by atoms with E-state index in [2.05, 4.69) is 11.8 Å². The van der Waals surface area contributed by atoms with Crippen molar-refractivity contribution >= 4 is 17.5 Å². The molecule has 0 amide bonds. The minimum atomic E-state index is -0.866. The van der Waals surface area contributed by atoms with Gasteiger partial charge in [0.15, 0.2) is 5.78 Å². The van der Waals surface area contributed by atoms with Crippen LogP contribution in [0.4, 0.5) is 0 Å². The van der Waals surface area contributed by atoms with E-state index in [0.717, 1.165) is 6.42 Å². The lowest BCUT2D eigenvalue weighted by Gasteiger charge is -2.11. The van der Waals surface area contributed by atoms with Crippen LogP contribution in [0.25, 0.3) is 0 Å². The molecule has 1 aliphatic rings. The number of rotatable bonds is 6. The van der Waals surface area contributed by atoms with Gasteiger partial charge in [-0.1, -0.05) is 13.0 Å². The van der Waals surface area contributed by atoms with E-state index in [0.29, 0.717) is 25.7 Å². The lowest BCUT2D eigenvalue weighted by atomic mass is 9.92. The van der Waals surface area contributed by atoms with Crippen LogP contribution in [0.5, 0.6) is 0 Å². The number of aliphatic carboxylic acids is 1. The molecule has 4 nitrogen and oxygen atoms in total. The Hall–Kier alpha value is -1.89. The molecule has 1 aliphatic carbocycles. The molecular weight excluding hydrogens is 256 g/mol. The van der Waals surface area contributed by atoms with Crippen molar-refractivity contribution in [3.05, 3.63) is 12.2 Å². The highest BCUT2D eigenvalue weighted by Gasteiger charge is 2.32. The number of ketones is 2. The van der Waals surface area contributed by atoms with Crippen LogP contribution >= 0.6 is 0 Å². The zero-order valence-corrected chi connectivity index (χ0v) is 11.7. The Bertz CT molecular complexity index is 465. The highest BCUT2D eigenvalue weighted by Crippen LogP contribution is 2.32. The second kappa shape index (κ2) is 8.31. The number of carbonyl (C=O) groups excluding carboxylic acids is 2. The number of hydrogen-bond donors (Lipinski definition) is 1. The Balaban J connectivity index is 2.52. The average molecular weight is 276 g/mol. The number of carboxylic acids is 1. The van der Waals surface area contributed by atoms with Crippen molar-refractivity contribution in [1.82, 2.24) is 0 Å². The van der Waals surface area contributed by atoms with Crippen molar-refractivity contribution < 1.29 is 19.5 Å². The van der Waals surface area contributed by atoms with E-state index in [-0.39, 0.29) is 29.8 Å². The molecule has 0 aliphatic heterocycles. The van der Waals surface area contributed by atoms with Gasteiger partial charge < -0.3 is 5.11 Å². The first-order valence-corrected chi connectivity index (χ1v) is 6.95. The fourth-order valence-corrected chi connectivity index (χ4v) is 2.22. The summed E-state index contributed by atoms with van der Waals surface area (Å²) < 4.78 is 0. The second-order valence-electron chi connectivity index (χ2n) is 4.91. The molecule has 0 bridgehead atoms. The number of carbonyl (C=O) groups is 3. The van der Waals surface area contributed by atoms with Gasteiger partial charge in [0, 0.05) is 31.6 Å². The van der Waals surface area contributed by atoms with E-state index in [9.17, 15) is 14.4 Å². The molecule has 0 heterocycles. The van der Waals surface area contributed by atoms with Gasteiger partial charge >= 0.3 is 5.97 Å². The maximum absolute atomic E-state index is 11.8. The highest BCUT2D eigenvalue weighted by molar-refractivity contribution is 5.90. The summed E-state index contributed by atoms with van der Waals surface area (Å²) in [6, 6.07) is 0. The largest absolute Gasteiger partial charge is 0.481 e. The number of Topliss-reactive ketones (excluding diaryl/α,β-unsaturated/α-hetero) is 1. The normalized spacial score (nSPS) is 21.8. The van der Waals surface area contributed by atoms with Crippen LogP contribution in [0.1, 0.15) is 45.4 Å². The number of allylic oxidation sites excluding steroid dienone is 2. The molecule has 0 aromatic rings. The standard InChI is InChI=1S/C16H20O4/c1-2-13(17)10-8-12-9-11-15(18)14(12)6-4-3-5-7-16(19)20/h8,10,12,14H,2,5-7,9,11H2,1H3,(H,19,20)/b10-8+. The molecule has 0 spiro atoms. The summed E-state index contributed by atoms with van der Waals surface area (Å²) in [6.45, 7) is 1.80. The molecule has 1 saturated carbocycles. The molecule has 1 fully saturated rings.